The number of hydrogen-bond donors (Lipinski definition) is 2. The lowest BCUT2D eigenvalue weighted by Gasteiger charge is -2.29. The number of rotatable bonds is 4. The highest BCUT2D eigenvalue weighted by Gasteiger charge is 2.15. The van der Waals surface area contributed by atoms with E-state index in [1.54, 1.807) is 12.1 Å². The lowest BCUT2D eigenvalue weighted by atomic mass is 10.1. The molecule has 94 valence electrons. The fourth-order valence-corrected chi connectivity index (χ4v) is 2.00. The van der Waals surface area contributed by atoms with Gasteiger partial charge in [-0.2, -0.15) is 0 Å². The van der Waals surface area contributed by atoms with Gasteiger partial charge in [0.05, 0.1) is 0 Å². The fraction of sp³-hybridized carbons (Fsp3) is 0.417. The van der Waals surface area contributed by atoms with Crippen molar-refractivity contribution in [3.8, 4) is 0 Å². The van der Waals surface area contributed by atoms with Crippen molar-refractivity contribution in [2.75, 3.05) is 11.4 Å². The number of hydrogen-bond acceptors (Lipinski definition) is 3. The van der Waals surface area contributed by atoms with Crippen LogP contribution in [0.1, 0.15) is 26.3 Å². The van der Waals surface area contributed by atoms with Crippen LogP contribution in [-0.2, 0) is 0 Å². The van der Waals surface area contributed by atoms with E-state index in [2.05, 4.69) is 30.8 Å². The molecule has 1 aromatic carbocycles. The van der Waals surface area contributed by atoms with Crippen molar-refractivity contribution in [1.82, 2.24) is 0 Å². The molecular formula is C12H18ClN3O. The van der Waals surface area contributed by atoms with E-state index in [0.717, 1.165) is 12.2 Å². The van der Waals surface area contributed by atoms with E-state index in [9.17, 15) is 0 Å². The van der Waals surface area contributed by atoms with Gasteiger partial charge < -0.3 is 15.8 Å². The van der Waals surface area contributed by atoms with Crippen LogP contribution < -0.4 is 10.6 Å². The number of oxime groups is 1. The zero-order chi connectivity index (χ0) is 13.0. The quantitative estimate of drug-likeness (QED) is 0.376. The largest absolute Gasteiger partial charge is 0.409 e. The number of anilines is 1. The number of nitrogens with zero attached hydrogens (tertiary/aromatic N) is 2. The zero-order valence-corrected chi connectivity index (χ0v) is 11.1. The summed E-state index contributed by atoms with van der Waals surface area (Å²) in [5, 5.41) is 12.4. The first kappa shape index (κ1) is 13.6. The molecule has 1 rings (SSSR count). The minimum atomic E-state index is 0.0709. The third-order valence-corrected chi connectivity index (χ3v) is 2.85. The first-order valence-electron chi connectivity index (χ1n) is 5.55. The van der Waals surface area contributed by atoms with Crippen LogP contribution in [0.25, 0.3) is 0 Å². The van der Waals surface area contributed by atoms with Crippen molar-refractivity contribution in [3.05, 3.63) is 28.8 Å². The summed E-state index contributed by atoms with van der Waals surface area (Å²) in [6.07, 6.45) is 0. The van der Waals surface area contributed by atoms with Gasteiger partial charge in [0, 0.05) is 28.9 Å². The van der Waals surface area contributed by atoms with Gasteiger partial charge in [-0.05, 0) is 39.0 Å². The summed E-state index contributed by atoms with van der Waals surface area (Å²) in [5.41, 5.74) is 7.24. The Morgan fingerprint density at radius 3 is 2.65 bits per heavy atom. The third kappa shape index (κ3) is 3.03. The van der Waals surface area contributed by atoms with Gasteiger partial charge in [-0.3, -0.25) is 0 Å². The molecule has 17 heavy (non-hydrogen) atoms. The highest BCUT2D eigenvalue weighted by Crippen LogP contribution is 2.25. The fourth-order valence-electron chi connectivity index (χ4n) is 1.83. The van der Waals surface area contributed by atoms with Crippen LogP contribution in [0, 0.1) is 0 Å². The molecule has 0 atom stereocenters. The van der Waals surface area contributed by atoms with E-state index < -0.39 is 0 Å². The summed E-state index contributed by atoms with van der Waals surface area (Å²) in [4.78, 5) is 2.16. The molecule has 0 bridgehead atoms. The minimum Gasteiger partial charge on any atom is -0.409 e. The molecule has 1 aromatic rings. The predicted octanol–water partition coefficient (Wildman–Crippen LogP) is 2.67. The molecule has 0 spiro atoms. The van der Waals surface area contributed by atoms with Crippen LogP contribution in [-0.4, -0.2) is 23.6 Å². The Kier molecular flexibility index (Phi) is 4.63. The van der Waals surface area contributed by atoms with Crippen LogP contribution in [0.3, 0.4) is 0 Å². The third-order valence-electron chi connectivity index (χ3n) is 2.62. The summed E-state index contributed by atoms with van der Waals surface area (Å²) >= 11 is 5.93. The van der Waals surface area contributed by atoms with Crippen molar-refractivity contribution in [3.63, 3.8) is 0 Å². The second-order valence-corrected chi connectivity index (χ2v) is 4.46. The Morgan fingerprint density at radius 1 is 1.53 bits per heavy atom. The Hall–Kier alpha value is -1.42. The van der Waals surface area contributed by atoms with E-state index in [-0.39, 0.29) is 5.84 Å². The number of amidine groups is 1. The van der Waals surface area contributed by atoms with E-state index in [1.807, 2.05) is 6.07 Å². The summed E-state index contributed by atoms with van der Waals surface area (Å²) in [7, 11) is 0. The Bertz CT molecular complexity index is 418. The first-order valence-corrected chi connectivity index (χ1v) is 5.93. The predicted molar refractivity (Wildman–Crippen MR) is 72.1 cm³/mol. The van der Waals surface area contributed by atoms with E-state index >= 15 is 0 Å². The highest BCUT2D eigenvalue weighted by atomic mass is 35.5. The second kappa shape index (κ2) is 5.77. The molecule has 0 saturated carbocycles. The molecule has 3 N–H and O–H groups in total. The molecule has 0 saturated heterocycles. The van der Waals surface area contributed by atoms with Gasteiger partial charge in [-0.1, -0.05) is 16.8 Å². The molecule has 0 aliphatic rings. The lowest BCUT2D eigenvalue weighted by molar-refractivity contribution is 0.318. The summed E-state index contributed by atoms with van der Waals surface area (Å²) < 4.78 is 0. The van der Waals surface area contributed by atoms with Gasteiger partial charge in [0.15, 0.2) is 5.84 Å². The molecular weight excluding hydrogens is 238 g/mol. The molecule has 4 nitrogen and oxygen atoms in total. The molecule has 0 aliphatic heterocycles. The second-order valence-electron chi connectivity index (χ2n) is 4.03. The smallest absolute Gasteiger partial charge is 0.172 e. The van der Waals surface area contributed by atoms with E-state index in [0.29, 0.717) is 16.6 Å². The molecule has 0 unspecified atom stereocenters. The van der Waals surface area contributed by atoms with E-state index in [1.165, 1.54) is 0 Å². The zero-order valence-electron chi connectivity index (χ0n) is 10.3. The number of benzene rings is 1. The van der Waals surface area contributed by atoms with Gasteiger partial charge in [-0.15, -0.1) is 0 Å². The van der Waals surface area contributed by atoms with Gasteiger partial charge >= 0.3 is 0 Å². The average Bonchev–Trinajstić information content (AvgIpc) is 2.30. The van der Waals surface area contributed by atoms with Crippen LogP contribution in [0.4, 0.5) is 5.69 Å². The summed E-state index contributed by atoms with van der Waals surface area (Å²) in [6.45, 7) is 7.08. The Labute approximate surface area is 107 Å². The van der Waals surface area contributed by atoms with Crippen molar-refractivity contribution in [1.29, 1.82) is 0 Å². The van der Waals surface area contributed by atoms with Crippen molar-refractivity contribution in [2.24, 2.45) is 10.9 Å². The van der Waals surface area contributed by atoms with Gasteiger partial charge in [0.1, 0.15) is 0 Å². The topological polar surface area (TPSA) is 61.8 Å². The van der Waals surface area contributed by atoms with Crippen LogP contribution in [0.2, 0.25) is 5.02 Å². The van der Waals surface area contributed by atoms with Crippen LogP contribution in [0.5, 0.6) is 0 Å². The lowest BCUT2D eigenvalue weighted by Crippen LogP contribution is -2.32. The van der Waals surface area contributed by atoms with Gasteiger partial charge in [0.25, 0.3) is 0 Å². The standard InChI is InChI=1S/C12H18ClN3O/c1-4-16(8(2)3)11-6-5-9(13)7-10(11)12(14)15-17/h5-8,17H,4H2,1-3H3,(H2,14,15). The summed E-state index contributed by atoms with van der Waals surface area (Å²) in [5.74, 6) is 0.0709. The van der Waals surface area contributed by atoms with Gasteiger partial charge in [0.2, 0.25) is 0 Å². The maximum atomic E-state index is 8.80. The molecule has 0 radical (unpaired) electrons. The molecule has 0 aromatic heterocycles. The van der Waals surface area contributed by atoms with Gasteiger partial charge in [-0.25, -0.2) is 0 Å². The Morgan fingerprint density at radius 2 is 2.18 bits per heavy atom. The Balaban J connectivity index is 3.31. The summed E-state index contributed by atoms with van der Waals surface area (Å²) in [6, 6.07) is 5.72. The van der Waals surface area contributed by atoms with E-state index in [4.69, 9.17) is 22.5 Å². The van der Waals surface area contributed by atoms with Crippen LogP contribution >= 0.6 is 11.6 Å². The molecule has 5 heteroatoms. The maximum Gasteiger partial charge on any atom is 0.172 e. The highest BCUT2D eigenvalue weighted by molar-refractivity contribution is 6.31. The average molecular weight is 256 g/mol. The minimum absolute atomic E-state index is 0.0709. The van der Waals surface area contributed by atoms with Crippen molar-refractivity contribution >= 4 is 23.1 Å². The molecule has 0 amide bonds. The monoisotopic (exact) mass is 255 g/mol. The van der Waals surface area contributed by atoms with Crippen molar-refractivity contribution < 1.29 is 5.21 Å². The first-order chi connectivity index (χ1) is 8.01. The molecule has 0 heterocycles. The molecule has 0 fully saturated rings. The SMILES string of the molecule is CCN(c1ccc(Cl)cc1C(N)=NO)C(C)C. The maximum absolute atomic E-state index is 8.80. The number of nitrogens with two attached hydrogens (primary N) is 1. The molecule has 0 aliphatic carbocycles. The number of halogens is 1. The van der Waals surface area contributed by atoms with Crippen molar-refractivity contribution in [2.45, 2.75) is 26.8 Å². The normalized spacial score (nSPS) is 11.9. The van der Waals surface area contributed by atoms with Crippen LogP contribution in [0.15, 0.2) is 23.4 Å².